The van der Waals surface area contributed by atoms with E-state index in [4.69, 9.17) is 5.14 Å². The second-order valence-electron chi connectivity index (χ2n) is 3.49. The first-order valence-corrected chi connectivity index (χ1v) is 7.27. The maximum Gasteiger partial charge on any atom is 0.248 e. The lowest BCUT2D eigenvalue weighted by Gasteiger charge is -1.99. The molecule has 0 bridgehead atoms. The minimum atomic E-state index is -3.58. The van der Waals surface area contributed by atoms with Crippen LogP contribution in [0, 0.1) is 5.92 Å². The Kier molecular flexibility index (Phi) is 3.74. The molecule has 0 fully saturated rings. The summed E-state index contributed by atoms with van der Waals surface area (Å²) >= 11 is 4.43. The van der Waals surface area contributed by atoms with Crippen molar-refractivity contribution in [3.63, 3.8) is 0 Å². The van der Waals surface area contributed by atoms with Gasteiger partial charge in [0, 0.05) is 9.35 Å². The smallest absolute Gasteiger partial charge is 0.224 e. The van der Waals surface area contributed by atoms with Crippen LogP contribution in [0.1, 0.15) is 18.7 Å². The number of primary sulfonamides is 1. The lowest BCUT2D eigenvalue weighted by Crippen LogP contribution is -2.10. The molecule has 0 spiro atoms. The highest BCUT2D eigenvalue weighted by atomic mass is 79.9. The number of nitrogens with two attached hydrogens (primary N) is 1. The maximum atomic E-state index is 11.1. The molecular formula is C8H12BrNO2S2. The second kappa shape index (κ2) is 4.30. The molecule has 0 unspecified atom stereocenters. The van der Waals surface area contributed by atoms with Crippen molar-refractivity contribution in [3.05, 3.63) is 15.4 Å². The number of hydrogen-bond acceptors (Lipinski definition) is 3. The van der Waals surface area contributed by atoms with Crippen LogP contribution in [-0.2, 0) is 16.4 Å². The van der Waals surface area contributed by atoms with Crippen molar-refractivity contribution >= 4 is 37.3 Å². The molecule has 0 aromatic carbocycles. The molecule has 0 atom stereocenters. The molecule has 6 heteroatoms. The molecule has 3 nitrogen and oxygen atoms in total. The minimum Gasteiger partial charge on any atom is -0.224 e. The van der Waals surface area contributed by atoms with Crippen LogP contribution in [0.15, 0.2) is 14.7 Å². The highest BCUT2D eigenvalue weighted by Crippen LogP contribution is 2.31. The van der Waals surface area contributed by atoms with Gasteiger partial charge in [-0.3, -0.25) is 0 Å². The molecule has 0 aliphatic rings. The average Bonchev–Trinajstić information content (AvgIpc) is 2.27. The largest absolute Gasteiger partial charge is 0.248 e. The van der Waals surface area contributed by atoms with Gasteiger partial charge in [0.15, 0.2) is 0 Å². The third-order valence-electron chi connectivity index (χ3n) is 1.57. The lowest BCUT2D eigenvalue weighted by molar-refractivity contribution is 0.599. The molecule has 1 aromatic heterocycles. The Morgan fingerprint density at radius 3 is 2.50 bits per heavy atom. The van der Waals surface area contributed by atoms with Gasteiger partial charge in [0.1, 0.15) is 4.21 Å². The van der Waals surface area contributed by atoms with Crippen molar-refractivity contribution in [1.29, 1.82) is 0 Å². The zero-order valence-corrected chi connectivity index (χ0v) is 11.2. The normalized spacial score (nSPS) is 12.4. The van der Waals surface area contributed by atoms with Crippen LogP contribution in [0.5, 0.6) is 0 Å². The standard InChI is InChI=1S/C8H12BrNO2S2/c1-5(2)3-6-4-7(9)8(13-6)14(10,11)12/h4-5H,3H2,1-2H3,(H2,10,11,12). The van der Waals surface area contributed by atoms with Crippen LogP contribution >= 0.6 is 27.3 Å². The van der Waals surface area contributed by atoms with Gasteiger partial charge in [-0.1, -0.05) is 13.8 Å². The van der Waals surface area contributed by atoms with Gasteiger partial charge in [-0.15, -0.1) is 11.3 Å². The number of rotatable bonds is 3. The van der Waals surface area contributed by atoms with E-state index in [2.05, 4.69) is 29.8 Å². The van der Waals surface area contributed by atoms with Gasteiger partial charge < -0.3 is 0 Å². The monoisotopic (exact) mass is 297 g/mol. The highest BCUT2D eigenvalue weighted by molar-refractivity contribution is 9.10. The van der Waals surface area contributed by atoms with Crippen LogP contribution in [0.4, 0.5) is 0 Å². The number of thiophene rings is 1. The molecule has 0 amide bonds. The molecule has 14 heavy (non-hydrogen) atoms. The number of hydrogen-bond donors (Lipinski definition) is 1. The van der Waals surface area contributed by atoms with E-state index < -0.39 is 10.0 Å². The summed E-state index contributed by atoms with van der Waals surface area (Å²) in [5.74, 6) is 0.508. The quantitative estimate of drug-likeness (QED) is 0.931. The summed E-state index contributed by atoms with van der Waals surface area (Å²) in [6, 6.07) is 1.82. The van der Waals surface area contributed by atoms with E-state index in [1.54, 1.807) is 0 Å². The molecule has 1 rings (SSSR count). The molecule has 2 N–H and O–H groups in total. The van der Waals surface area contributed by atoms with E-state index in [1.807, 2.05) is 6.07 Å². The van der Waals surface area contributed by atoms with Gasteiger partial charge in [0.2, 0.25) is 10.0 Å². The SMILES string of the molecule is CC(C)Cc1cc(Br)c(S(N)(=O)=O)s1. The summed E-state index contributed by atoms with van der Waals surface area (Å²) in [4.78, 5) is 1.04. The topological polar surface area (TPSA) is 60.2 Å². The van der Waals surface area contributed by atoms with Gasteiger partial charge in [-0.25, -0.2) is 13.6 Å². The Hall–Kier alpha value is 0.0900. The van der Waals surface area contributed by atoms with Crippen molar-refractivity contribution in [2.75, 3.05) is 0 Å². The molecule has 0 saturated heterocycles. The average molecular weight is 298 g/mol. The highest BCUT2D eigenvalue weighted by Gasteiger charge is 2.17. The van der Waals surface area contributed by atoms with E-state index in [1.165, 1.54) is 11.3 Å². The van der Waals surface area contributed by atoms with Crippen molar-refractivity contribution < 1.29 is 8.42 Å². The summed E-state index contributed by atoms with van der Waals surface area (Å²) < 4.78 is 23.0. The van der Waals surface area contributed by atoms with Crippen LogP contribution < -0.4 is 5.14 Å². The fourth-order valence-electron chi connectivity index (χ4n) is 1.09. The van der Waals surface area contributed by atoms with Crippen molar-refractivity contribution in [2.24, 2.45) is 11.1 Å². The van der Waals surface area contributed by atoms with E-state index in [0.29, 0.717) is 10.4 Å². The Balaban J connectivity index is 3.06. The Labute approximate surface area is 96.5 Å². The van der Waals surface area contributed by atoms with E-state index >= 15 is 0 Å². The van der Waals surface area contributed by atoms with Gasteiger partial charge in [0.25, 0.3) is 0 Å². The number of halogens is 1. The van der Waals surface area contributed by atoms with Gasteiger partial charge in [-0.05, 0) is 34.3 Å². The Bertz CT molecular complexity index is 423. The van der Waals surface area contributed by atoms with Crippen molar-refractivity contribution in [2.45, 2.75) is 24.5 Å². The van der Waals surface area contributed by atoms with Crippen molar-refractivity contribution in [1.82, 2.24) is 0 Å². The summed E-state index contributed by atoms with van der Waals surface area (Å²) in [5.41, 5.74) is 0. The first-order chi connectivity index (χ1) is 6.30. The zero-order chi connectivity index (χ0) is 10.9. The third-order valence-corrected chi connectivity index (χ3v) is 5.36. The van der Waals surface area contributed by atoms with Crippen molar-refractivity contribution in [3.8, 4) is 0 Å². The van der Waals surface area contributed by atoms with E-state index in [-0.39, 0.29) is 4.21 Å². The molecule has 0 saturated carbocycles. The summed E-state index contributed by atoms with van der Waals surface area (Å²) in [5, 5.41) is 5.05. The fourth-order valence-corrected chi connectivity index (χ4v) is 4.55. The van der Waals surface area contributed by atoms with Crippen LogP contribution in [-0.4, -0.2) is 8.42 Å². The summed E-state index contributed by atoms with van der Waals surface area (Å²) in [6.07, 6.45) is 0.874. The molecule has 1 aromatic rings. The fraction of sp³-hybridized carbons (Fsp3) is 0.500. The Morgan fingerprint density at radius 1 is 1.57 bits per heavy atom. The summed E-state index contributed by atoms with van der Waals surface area (Å²) in [6.45, 7) is 4.18. The number of sulfonamides is 1. The first kappa shape index (κ1) is 12.2. The van der Waals surface area contributed by atoms with E-state index in [0.717, 1.165) is 11.3 Å². The predicted octanol–water partition coefficient (Wildman–Crippen LogP) is 2.36. The van der Waals surface area contributed by atoms with Crippen LogP contribution in [0.3, 0.4) is 0 Å². The van der Waals surface area contributed by atoms with Gasteiger partial charge in [-0.2, -0.15) is 0 Å². The molecule has 0 aliphatic heterocycles. The minimum absolute atomic E-state index is 0.216. The lowest BCUT2D eigenvalue weighted by atomic mass is 10.1. The molecular weight excluding hydrogens is 286 g/mol. The molecule has 1 heterocycles. The Morgan fingerprint density at radius 2 is 2.14 bits per heavy atom. The third kappa shape index (κ3) is 3.05. The van der Waals surface area contributed by atoms with Gasteiger partial charge in [0.05, 0.1) is 0 Å². The van der Waals surface area contributed by atoms with Crippen LogP contribution in [0.25, 0.3) is 0 Å². The second-order valence-corrected chi connectivity index (χ2v) is 7.24. The maximum absolute atomic E-state index is 11.1. The van der Waals surface area contributed by atoms with E-state index in [9.17, 15) is 8.42 Å². The summed E-state index contributed by atoms with van der Waals surface area (Å²) in [7, 11) is -3.58. The zero-order valence-electron chi connectivity index (χ0n) is 7.95. The molecule has 80 valence electrons. The predicted molar refractivity (Wildman–Crippen MR) is 61.9 cm³/mol. The van der Waals surface area contributed by atoms with Crippen LogP contribution in [0.2, 0.25) is 0 Å². The first-order valence-electron chi connectivity index (χ1n) is 4.11. The molecule has 0 aliphatic carbocycles. The molecule has 0 radical (unpaired) electrons. The van der Waals surface area contributed by atoms with Gasteiger partial charge >= 0.3 is 0 Å².